The number of esters is 1. The lowest BCUT2D eigenvalue weighted by Gasteiger charge is -2.30. The predicted molar refractivity (Wildman–Crippen MR) is 91.3 cm³/mol. The summed E-state index contributed by atoms with van der Waals surface area (Å²) in [6.45, 7) is 7.22. The van der Waals surface area contributed by atoms with Crippen molar-refractivity contribution in [2.45, 2.75) is 51.9 Å². The monoisotopic (exact) mass is 327 g/mol. The molecule has 0 saturated carbocycles. The van der Waals surface area contributed by atoms with Crippen molar-refractivity contribution < 1.29 is 14.3 Å². The third-order valence-corrected chi connectivity index (χ3v) is 4.25. The molecule has 0 aromatic heterocycles. The van der Waals surface area contributed by atoms with Crippen molar-refractivity contribution in [2.24, 2.45) is 5.92 Å². The van der Waals surface area contributed by atoms with Crippen molar-refractivity contribution in [3.8, 4) is 0 Å². The van der Waals surface area contributed by atoms with Crippen LogP contribution < -0.4 is 10.6 Å². The van der Waals surface area contributed by atoms with Crippen LogP contribution in [0.5, 0.6) is 0 Å². The zero-order valence-electron chi connectivity index (χ0n) is 14.7. The van der Waals surface area contributed by atoms with Gasteiger partial charge in [-0.15, -0.1) is 0 Å². The number of carbonyl (C=O) groups is 2. The Kier molecular flexibility index (Phi) is 10.4. The largest absolute Gasteiger partial charge is 0.469 e. The molecule has 0 aliphatic carbocycles. The maximum absolute atomic E-state index is 11.6. The molecule has 134 valence electrons. The van der Waals surface area contributed by atoms with Gasteiger partial charge in [-0.3, -0.25) is 4.79 Å². The van der Waals surface area contributed by atoms with Gasteiger partial charge in [0.25, 0.3) is 0 Å². The van der Waals surface area contributed by atoms with E-state index in [9.17, 15) is 9.59 Å². The Labute approximate surface area is 140 Å². The zero-order valence-corrected chi connectivity index (χ0v) is 14.7. The van der Waals surface area contributed by atoms with Crippen LogP contribution in [0.2, 0.25) is 0 Å². The maximum Gasteiger partial charge on any atom is 0.314 e. The minimum Gasteiger partial charge on any atom is -0.469 e. The number of amides is 2. The first-order valence-electron chi connectivity index (χ1n) is 8.92. The van der Waals surface area contributed by atoms with E-state index in [2.05, 4.69) is 27.2 Å². The topological polar surface area (TPSA) is 70.7 Å². The molecule has 2 amide bonds. The number of carbonyl (C=O) groups excluding carboxylic acids is 2. The molecule has 0 aromatic carbocycles. The van der Waals surface area contributed by atoms with E-state index in [1.165, 1.54) is 33.0 Å². The summed E-state index contributed by atoms with van der Waals surface area (Å²) in [6, 6.07) is -0.116. The number of hydrogen-bond acceptors (Lipinski definition) is 4. The Bertz CT molecular complexity index is 350. The van der Waals surface area contributed by atoms with Gasteiger partial charge in [-0.25, -0.2) is 4.79 Å². The van der Waals surface area contributed by atoms with Gasteiger partial charge >= 0.3 is 12.0 Å². The molecule has 0 spiro atoms. The molecule has 0 aromatic rings. The van der Waals surface area contributed by atoms with Crippen molar-refractivity contribution in [1.82, 2.24) is 15.5 Å². The molecule has 2 N–H and O–H groups in total. The number of nitrogens with zero attached hydrogens (tertiary/aromatic N) is 1. The van der Waals surface area contributed by atoms with Gasteiger partial charge in [-0.1, -0.05) is 6.92 Å². The molecule has 6 nitrogen and oxygen atoms in total. The van der Waals surface area contributed by atoms with Gasteiger partial charge in [-0.2, -0.15) is 0 Å². The number of unbranched alkanes of at least 4 members (excludes halogenated alkanes) is 2. The summed E-state index contributed by atoms with van der Waals surface area (Å²) in [7, 11) is 1.39. The van der Waals surface area contributed by atoms with E-state index in [1.807, 2.05) is 0 Å². The van der Waals surface area contributed by atoms with Gasteiger partial charge in [0, 0.05) is 26.1 Å². The summed E-state index contributed by atoms with van der Waals surface area (Å²) in [5.41, 5.74) is 0. The highest BCUT2D eigenvalue weighted by atomic mass is 16.5. The predicted octanol–water partition coefficient (Wildman–Crippen LogP) is 2.14. The summed E-state index contributed by atoms with van der Waals surface area (Å²) in [5.74, 6) is 0.629. The normalized spacial score (nSPS) is 18.4. The Morgan fingerprint density at radius 2 is 1.83 bits per heavy atom. The highest BCUT2D eigenvalue weighted by Gasteiger charge is 2.15. The molecule has 1 fully saturated rings. The Morgan fingerprint density at radius 1 is 1.13 bits per heavy atom. The number of likely N-dealkylation sites (tertiary alicyclic amines) is 1. The first-order chi connectivity index (χ1) is 11.1. The fourth-order valence-electron chi connectivity index (χ4n) is 2.91. The minimum absolute atomic E-state index is 0.116. The second-order valence-corrected chi connectivity index (χ2v) is 6.47. The average Bonchev–Trinajstić information content (AvgIpc) is 2.54. The summed E-state index contributed by atoms with van der Waals surface area (Å²) in [4.78, 5) is 25.0. The number of ether oxygens (including phenoxy) is 1. The van der Waals surface area contributed by atoms with E-state index < -0.39 is 0 Å². The van der Waals surface area contributed by atoms with Gasteiger partial charge in [0.1, 0.15) is 0 Å². The number of methoxy groups -OCH3 is 1. The minimum atomic E-state index is -0.197. The molecule has 1 atom stereocenters. The van der Waals surface area contributed by atoms with Gasteiger partial charge in [0.05, 0.1) is 7.11 Å². The van der Waals surface area contributed by atoms with Crippen LogP contribution >= 0.6 is 0 Å². The van der Waals surface area contributed by atoms with Gasteiger partial charge in [0.15, 0.2) is 0 Å². The second-order valence-electron chi connectivity index (χ2n) is 6.47. The fraction of sp³-hybridized carbons (Fsp3) is 0.882. The molecule has 1 heterocycles. The van der Waals surface area contributed by atoms with E-state index in [4.69, 9.17) is 0 Å². The molecular weight excluding hydrogens is 294 g/mol. The summed E-state index contributed by atoms with van der Waals surface area (Å²) in [5, 5.41) is 5.69. The lowest BCUT2D eigenvalue weighted by Crippen LogP contribution is -2.37. The van der Waals surface area contributed by atoms with E-state index in [0.717, 1.165) is 44.7 Å². The fourth-order valence-corrected chi connectivity index (χ4v) is 2.91. The standard InChI is InChI=1S/C17H33N3O3/c1-15-8-7-13-20(14-15)12-6-5-11-19-17(22)18-10-4-3-9-16(21)23-2/h15H,3-14H2,1-2H3,(H2,18,19,22). The highest BCUT2D eigenvalue weighted by Crippen LogP contribution is 2.15. The Balaban J connectivity index is 1.89. The van der Waals surface area contributed by atoms with Gasteiger partial charge < -0.3 is 20.3 Å². The number of piperidine rings is 1. The van der Waals surface area contributed by atoms with Crippen LogP contribution in [0.1, 0.15) is 51.9 Å². The van der Waals surface area contributed by atoms with Crippen LogP contribution in [0, 0.1) is 5.92 Å². The van der Waals surface area contributed by atoms with E-state index in [-0.39, 0.29) is 12.0 Å². The molecule has 0 radical (unpaired) electrons. The van der Waals surface area contributed by atoms with E-state index >= 15 is 0 Å². The summed E-state index contributed by atoms with van der Waals surface area (Å²) in [6.07, 6.45) is 6.76. The van der Waals surface area contributed by atoms with Gasteiger partial charge in [0.2, 0.25) is 0 Å². The van der Waals surface area contributed by atoms with Crippen LogP contribution in [0.25, 0.3) is 0 Å². The molecule has 23 heavy (non-hydrogen) atoms. The number of nitrogens with one attached hydrogen (secondary N) is 2. The molecule has 6 heteroatoms. The van der Waals surface area contributed by atoms with Crippen molar-refractivity contribution >= 4 is 12.0 Å². The molecule has 1 saturated heterocycles. The zero-order chi connectivity index (χ0) is 16.9. The third-order valence-electron chi connectivity index (χ3n) is 4.25. The average molecular weight is 327 g/mol. The number of rotatable bonds is 10. The van der Waals surface area contributed by atoms with Crippen LogP contribution in [0.3, 0.4) is 0 Å². The van der Waals surface area contributed by atoms with E-state index in [1.54, 1.807) is 0 Å². The lowest BCUT2D eigenvalue weighted by atomic mass is 10.0. The summed E-state index contributed by atoms with van der Waals surface area (Å²) >= 11 is 0. The first-order valence-corrected chi connectivity index (χ1v) is 8.92. The number of urea groups is 1. The third kappa shape index (κ3) is 10.2. The van der Waals surface area contributed by atoms with Crippen LogP contribution in [-0.2, 0) is 9.53 Å². The molecule has 1 rings (SSSR count). The quantitative estimate of drug-likeness (QED) is 0.476. The maximum atomic E-state index is 11.6. The van der Waals surface area contributed by atoms with Crippen molar-refractivity contribution in [3.63, 3.8) is 0 Å². The first kappa shape index (κ1) is 19.7. The lowest BCUT2D eigenvalue weighted by molar-refractivity contribution is -0.140. The molecule has 0 bridgehead atoms. The van der Waals surface area contributed by atoms with Gasteiger partial charge in [-0.05, 0) is 57.5 Å². The Morgan fingerprint density at radius 3 is 2.48 bits per heavy atom. The highest BCUT2D eigenvalue weighted by molar-refractivity contribution is 5.73. The smallest absolute Gasteiger partial charge is 0.314 e. The van der Waals surface area contributed by atoms with Crippen molar-refractivity contribution in [3.05, 3.63) is 0 Å². The molecule has 1 aliphatic heterocycles. The SMILES string of the molecule is COC(=O)CCCCNC(=O)NCCCCN1CCCC(C)C1. The Hall–Kier alpha value is -1.30. The molecule has 1 unspecified atom stereocenters. The molecular formula is C17H33N3O3. The van der Waals surface area contributed by atoms with Crippen LogP contribution in [0.15, 0.2) is 0 Å². The number of hydrogen-bond donors (Lipinski definition) is 2. The van der Waals surface area contributed by atoms with Crippen LogP contribution in [0.4, 0.5) is 4.79 Å². The van der Waals surface area contributed by atoms with E-state index in [0.29, 0.717) is 13.0 Å². The van der Waals surface area contributed by atoms with Crippen molar-refractivity contribution in [1.29, 1.82) is 0 Å². The molecule has 1 aliphatic rings. The summed E-state index contributed by atoms with van der Waals surface area (Å²) < 4.78 is 4.56. The van der Waals surface area contributed by atoms with Crippen LogP contribution in [-0.4, -0.2) is 56.7 Å². The van der Waals surface area contributed by atoms with Crippen molar-refractivity contribution in [2.75, 3.05) is 39.8 Å². The second kappa shape index (κ2) is 12.2.